The first-order valence-electron chi connectivity index (χ1n) is 7.46. The van der Waals surface area contributed by atoms with Crippen LogP contribution in [-0.4, -0.2) is 28.2 Å². The van der Waals surface area contributed by atoms with Crippen LogP contribution in [0.15, 0.2) is 24.3 Å². The van der Waals surface area contributed by atoms with Crippen LogP contribution in [0, 0.1) is 5.92 Å². The lowest BCUT2D eigenvalue weighted by atomic mass is 9.91. The van der Waals surface area contributed by atoms with Crippen molar-refractivity contribution < 1.29 is 9.00 Å². The molecule has 0 heterocycles. The zero-order valence-corrected chi connectivity index (χ0v) is 13.6. The minimum absolute atomic E-state index is 0.101. The van der Waals surface area contributed by atoms with Gasteiger partial charge in [-0.15, -0.1) is 0 Å². The molecule has 0 bridgehead atoms. The number of nitrogens with zero attached hydrogens (tertiary/aromatic N) is 1. The van der Waals surface area contributed by atoms with E-state index in [1.165, 1.54) is 6.42 Å². The van der Waals surface area contributed by atoms with Crippen molar-refractivity contribution in [3.8, 4) is 0 Å². The molecule has 1 aliphatic rings. The molecule has 3 atom stereocenters. The summed E-state index contributed by atoms with van der Waals surface area (Å²) in [5.74, 6) is 0.632. The molecule has 1 aliphatic carbocycles. The second-order valence-corrected chi connectivity index (χ2v) is 7.68. The summed E-state index contributed by atoms with van der Waals surface area (Å²) in [4.78, 5) is 13.8. The molecule has 0 radical (unpaired) electrons. The fraction of sp³-hybridized carbons (Fsp3) is 0.562. The van der Waals surface area contributed by atoms with Gasteiger partial charge in [-0.1, -0.05) is 19.8 Å². The predicted molar refractivity (Wildman–Crippen MR) is 88.7 cm³/mol. The Labute approximate surface area is 129 Å². The Kier molecular flexibility index (Phi) is 5.39. The van der Waals surface area contributed by atoms with Gasteiger partial charge in [-0.25, -0.2) is 0 Å². The molecule has 1 saturated carbocycles. The Morgan fingerprint density at radius 3 is 2.62 bits per heavy atom. The Balaban J connectivity index is 1.94. The lowest BCUT2D eigenvalue weighted by Crippen LogP contribution is -2.34. The number of carbonyl (C=O) groups is 1. The fourth-order valence-corrected chi connectivity index (χ4v) is 4.44. The number of rotatable bonds is 4. The predicted octanol–water partition coefficient (Wildman–Crippen LogP) is 2.56. The number of carbonyl (C=O) groups excluding carboxylic acids is 1. The fourth-order valence-electron chi connectivity index (χ4n) is 2.80. The number of benzene rings is 1. The number of nitrogen functional groups attached to an aromatic ring is 1. The molecular weight excluding hydrogens is 284 g/mol. The van der Waals surface area contributed by atoms with Gasteiger partial charge in [0.25, 0.3) is 0 Å². The maximum atomic E-state index is 12.4. The molecule has 1 amide bonds. The van der Waals surface area contributed by atoms with Crippen molar-refractivity contribution in [2.45, 2.75) is 37.9 Å². The Morgan fingerprint density at radius 2 is 2.00 bits per heavy atom. The average Bonchev–Trinajstić information content (AvgIpc) is 2.47. The van der Waals surface area contributed by atoms with E-state index in [-0.39, 0.29) is 16.9 Å². The first-order valence-corrected chi connectivity index (χ1v) is 8.85. The van der Waals surface area contributed by atoms with Crippen LogP contribution in [0.2, 0.25) is 0 Å². The summed E-state index contributed by atoms with van der Waals surface area (Å²) in [5.41, 5.74) is 7.09. The molecule has 0 aliphatic heterocycles. The van der Waals surface area contributed by atoms with E-state index in [2.05, 4.69) is 6.92 Å². The maximum absolute atomic E-state index is 12.4. The van der Waals surface area contributed by atoms with Crippen LogP contribution in [0.25, 0.3) is 0 Å². The second kappa shape index (κ2) is 7.07. The number of hydrogen-bond donors (Lipinski definition) is 1. The highest BCUT2D eigenvalue weighted by Gasteiger charge is 2.26. The molecule has 0 spiro atoms. The van der Waals surface area contributed by atoms with Gasteiger partial charge in [0.15, 0.2) is 0 Å². The molecule has 2 rings (SSSR count). The molecular formula is C16H24N2O2S. The topological polar surface area (TPSA) is 63.4 Å². The van der Waals surface area contributed by atoms with E-state index < -0.39 is 10.8 Å². The van der Waals surface area contributed by atoms with Crippen LogP contribution in [0.1, 0.15) is 32.6 Å². The molecule has 3 unspecified atom stereocenters. The van der Waals surface area contributed by atoms with E-state index in [0.717, 1.165) is 24.9 Å². The van der Waals surface area contributed by atoms with Crippen LogP contribution in [0.3, 0.4) is 0 Å². The van der Waals surface area contributed by atoms with Gasteiger partial charge in [0, 0.05) is 34.5 Å². The van der Waals surface area contributed by atoms with E-state index in [1.54, 1.807) is 36.2 Å². The van der Waals surface area contributed by atoms with Crippen molar-refractivity contribution in [1.82, 2.24) is 0 Å². The number of hydrogen-bond acceptors (Lipinski definition) is 3. The SMILES string of the molecule is CC1CCCC(S(=O)CC(=O)N(C)c2ccc(N)cc2)C1. The quantitative estimate of drug-likeness (QED) is 0.870. The summed E-state index contributed by atoms with van der Waals surface area (Å²) >= 11 is 0. The van der Waals surface area contributed by atoms with E-state index in [1.807, 2.05) is 0 Å². The summed E-state index contributed by atoms with van der Waals surface area (Å²) in [7, 11) is 0.645. The number of nitrogens with two attached hydrogens (primary N) is 1. The third kappa shape index (κ3) is 4.30. The summed E-state index contributed by atoms with van der Waals surface area (Å²) in [6.07, 6.45) is 4.30. The summed E-state index contributed by atoms with van der Waals surface area (Å²) in [6.45, 7) is 2.20. The van der Waals surface area contributed by atoms with Crippen molar-refractivity contribution >= 4 is 28.1 Å². The molecule has 116 valence electrons. The van der Waals surface area contributed by atoms with Crippen molar-refractivity contribution in [1.29, 1.82) is 0 Å². The molecule has 1 aromatic carbocycles. The zero-order chi connectivity index (χ0) is 15.4. The van der Waals surface area contributed by atoms with Crippen molar-refractivity contribution in [2.24, 2.45) is 5.92 Å². The van der Waals surface area contributed by atoms with Crippen molar-refractivity contribution in [3.63, 3.8) is 0 Å². The molecule has 2 N–H and O–H groups in total. The molecule has 0 saturated heterocycles. The molecule has 4 nitrogen and oxygen atoms in total. The number of amides is 1. The molecule has 1 aromatic rings. The van der Waals surface area contributed by atoms with Gasteiger partial charge in [-0.2, -0.15) is 0 Å². The first kappa shape index (κ1) is 16.0. The second-order valence-electron chi connectivity index (χ2n) is 5.96. The zero-order valence-electron chi connectivity index (χ0n) is 12.7. The van der Waals surface area contributed by atoms with Gasteiger partial charge in [-0.3, -0.25) is 9.00 Å². The smallest absolute Gasteiger partial charge is 0.239 e. The summed E-state index contributed by atoms with van der Waals surface area (Å²) in [6, 6.07) is 7.13. The minimum Gasteiger partial charge on any atom is -0.399 e. The van der Waals surface area contributed by atoms with Gasteiger partial charge in [0.2, 0.25) is 5.91 Å². The van der Waals surface area contributed by atoms with Crippen molar-refractivity contribution in [3.05, 3.63) is 24.3 Å². The third-order valence-corrected chi connectivity index (χ3v) is 5.88. The van der Waals surface area contributed by atoms with Gasteiger partial charge in [0.1, 0.15) is 5.75 Å². The Bertz CT molecular complexity index is 516. The van der Waals surface area contributed by atoms with Crippen LogP contribution in [0.4, 0.5) is 11.4 Å². The molecule has 21 heavy (non-hydrogen) atoms. The van der Waals surface area contributed by atoms with Gasteiger partial charge >= 0.3 is 0 Å². The van der Waals surface area contributed by atoms with Crippen LogP contribution in [0.5, 0.6) is 0 Å². The normalized spacial score (nSPS) is 23.5. The van der Waals surface area contributed by atoms with E-state index >= 15 is 0 Å². The van der Waals surface area contributed by atoms with Gasteiger partial charge < -0.3 is 10.6 Å². The lowest BCUT2D eigenvalue weighted by Gasteiger charge is -2.26. The molecule has 5 heteroatoms. The highest BCUT2D eigenvalue weighted by Crippen LogP contribution is 2.27. The van der Waals surface area contributed by atoms with Crippen LogP contribution >= 0.6 is 0 Å². The van der Waals surface area contributed by atoms with E-state index in [0.29, 0.717) is 11.6 Å². The highest BCUT2D eigenvalue weighted by atomic mass is 32.2. The van der Waals surface area contributed by atoms with E-state index in [4.69, 9.17) is 5.73 Å². The monoisotopic (exact) mass is 308 g/mol. The van der Waals surface area contributed by atoms with Gasteiger partial charge in [0.05, 0.1) is 0 Å². The highest BCUT2D eigenvalue weighted by molar-refractivity contribution is 7.86. The summed E-state index contributed by atoms with van der Waals surface area (Å²) in [5, 5.41) is 0.178. The van der Waals surface area contributed by atoms with Gasteiger partial charge in [-0.05, 0) is 43.0 Å². The number of anilines is 2. The summed E-state index contributed by atoms with van der Waals surface area (Å²) < 4.78 is 12.4. The molecule has 1 fully saturated rings. The third-order valence-electron chi connectivity index (χ3n) is 4.18. The largest absolute Gasteiger partial charge is 0.399 e. The average molecular weight is 308 g/mol. The Hall–Kier alpha value is -1.36. The van der Waals surface area contributed by atoms with Crippen LogP contribution < -0.4 is 10.6 Å². The first-order chi connectivity index (χ1) is 9.97. The minimum atomic E-state index is -1.07. The molecule has 0 aromatic heterocycles. The lowest BCUT2D eigenvalue weighted by molar-refractivity contribution is -0.115. The Morgan fingerprint density at radius 1 is 1.33 bits per heavy atom. The maximum Gasteiger partial charge on any atom is 0.239 e. The van der Waals surface area contributed by atoms with E-state index in [9.17, 15) is 9.00 Å². The standard InChI is InChI=1S/C16H24N2O2S/c1-12-4-3-5-15(10-12)21(20)11-16(19)18(2)14-8-6-13(17)7-9-14/h6-9,12,15H,3-5,10-11,17H2,1-2H3. The van der Waals surface area contributed by atoms with Crippen LogP contribution in [-0.2, 0) is 15.6 Å². The van der Waals surface area contributed by atoms with Crippen molar-refractivity contribution in [2.75, 3.05) is 23.4 Å².